The number of carbonyl (C=O) groups is 1. The molecule has 0 bridgehead atoms. The summed E-state index contributed by atoms with van der Waals surface area (Å²) in [5.41, 5.74) is 8.81. The molecule has 1 amide bonds. The number of H-pyrrole nitrogens is 1. The molecular weight excluding hydrogens is 432 g/mol. The number of nitrogens with one attached hydrogen (secondary N) is 1. The number of ether oxygens (including phenoxy) is 1. The maximum absolute atomic E-state index is 13.3. The summed E-state index contributed by atoms with van der Waals surface area (Å²) in [6.45, 7) is 4.72. The summed E-state index contributed by atoms with van der Waals surface area (Å²) in [5, 5.41) is 0. The molecule has 0 unspecified atom stereocenters. The predicted octanol–water partition coefficient (Wildman–Crippen LogP) is 2.87. The summed E-state index contributed by atoms with van der Waals surface area (Å²) in [5.74, 6) is -0.485. The van der Waals surface area contributed by atoms with Gasteiger partial charge in [0.25, 0.3) is 11.5 Å². The third-order valence-corrected chi connectivity index (χ3v) is 5.49. The number of nitrogens with zero attached hydrogens (tertiary/aromatic N) is 2. The van der Waals surface area contributed by atoms with Gasteiger partial charge in [-0.15, -0.1) is 0 Å². The monoisotopic (exact) mass is 462 g/mol. The quantitative estimate of drug-likeness (QED) is 0.375. The van der Waals surface area contributed by atoms with Crippen LogP contribution in [-0.4, -0.2) is 35.7 Å². The maximum atomic E-state index is 13.3. The first-order valence-electron chi connectivity index (χ1n) is 11.0. The minimum Gasteiger partial charge on any atom is -0.385 e. The van der Waals surface area contributed by atoms with E-state index in [0.717, 1.165) is 22.3 Å². The van der Waals surface area contributed by atoms with Crippen LogP contribution in [-0.2, 0) is 16.1 Å². The first kappa shape index (κ1) is 24.7. The summed E-state index contributed by atoms with van der Waals surface area (Å²) in [6, 6.07) is 15.2. The van der Waals surface area contributed by atoms with Crippen molar-refractivity contribution in [3.05, 3.63) is 97.7 Å². The summed E-state index contributed by atoms with van der Waals surface area (Å²) in [6.07, 6.45) is 3.61. The van der Waals surface area contributed by atoms with E-state index in [0.29, 0.717) is 13.0 Å². The third kappa shape index (κ3) is 5.90. The minimum absolute atomic E-state index is 0.0538. The van der Waals surface area contributed by atoms with Crippen LogP contribution in [0.2, 0.25) is 0 Å². The molecule has 3 rings (SSSR count). The van der Waals surface area contributed by atoms with Crippen LogP contribution >= 0.6 is 0 Å². The van der Waals surface area contributed by atoms with Crippen LogP contribution in [0.25, 0.3) is 6.08 Å². The molecule has 0 spiro atoms. The molecule has 0 saturated heterocycles. The van der Waals surface area contributed by atoms with E-state index in [1.165, 1.54) is 15.5 Å². The van der Waals surface area contributed by atoms with Crippen molar-refractivity contribution in [2.45, 2.75) is 26.8 Å². The number of anilines is 2. The van der Waals surface area contributed by atoms with Gasteiger partial charge in [0.1, 0.15) is 5.82 Å². The van der Waals surface area contributed by atoms with E-state index in [-0.39, 0.29) is 24.6 Å². The van der Waals surface area contributed by atoms with E-state index in [2.05, 4.69) is 4.98 Å². The van der Waals surface area contributed by atoms with Crippen LogP contribution in [0.3, 0.4) is 0 Å². The molecule has 0 saturated carbocycles. The number of benzene rings is 2. The number of rotatable bonds is 9. The molecule has 178 valence electrons. The van der Waals surface area contributed by atoms with Crippen molar-refractivity contribution < 1.29 is 9.53 Å². The first-order valence-corrected chi connectivity index (χ1v) is 11.0. The zero-order chi connectivity index (χ0) is 24.7. The molecule has 8 heteroatoms. The van der Waals surface area contributed by atoms with E-state index in [4.69, 9.17) is 10.5 Å². The van der Waals surface area contributed by atoms with Gasteiger partial charge in [0.05, 0.1) is 6.54 Å². The fourth-order valence-electron chi connectivity index (χ4n) is 3.72. The van der Waals surface area contributed by atoms with Crippen molar-refractivity contribution in [1.82, 2.24) is 9.55 Å². The fraction of sp³-hybridized carbons (Fsp3) is 0.269. The van der Waals surface area contributed by atoms with Crippen molar-refractivity contribution in [3.63, 3.8) is 0 Å². The fourth-order valence-corrected chi connectivity index (χ4v) is 3.72. The molecule has 1 aromatic heterocycles. The number of carbonyl (C=O) groups excluding carboxylic acids is 1. The largest absolute Gasteiger partial charge is 0.385 e. The van der Waals surface area contributed by atoms with Gasteiger partial charge in [-0.05, 0) is 43.0 Å². The van der Waals surface area contributed by atoms with Gasteiger partial charge >= 0.3 is 5.69 Å². The Balaban J connectivity index is 2.01. The van der Waals surface area contributed by atoms with E-state index in [9.17, 15) is 14.4 Å². The second kappa shape index (κ2) is 11.3. The van der Waals surface area contributed by atoms with Crippen LogP contribution in [0.15, 0.2) is 64.2 Å². The number of hydrogen-bond donors (Lipinski definition) is 2. The molecule has 0 aliphatic carbocycles. The highest BCUT2D eigenvalue weighted by Crippen LogP contribution is 2.20. The van der Waals surface area contributed by atoms with Gasteiger partial charge in [0.15, 0.2) is 5.69 Å². The normalized spacial score (nSPS) is 11.1. The number of amides is 1. The van der Waals surface area contributed by atoms with E-state index >= 15 is 0 Å². The molecule has 34 heavy (non-hydrogen) atoms. The average molecular weight is 463 g/mol. The van der Waals surface area contributed by atoms with E-state index in [1.807, 2.05) is 62.4 Å². The third-order valence-electron chi connectivity index (χ3n) is 5.49. The van der Waals surface area contributed by atoms with Gasteiger partial charge < -0.3 is 15.4 Å². The van der Waals surface area contributed by atoms with Crippen LogP contribution in [0.1, 0.15) is 28.7 Å². The minimum atomic E-state index is -0.711. The van der Waals surface area contributed by atoms with Gasteiger partial charge in [-0.3, -0.25) is 19.1 Å². The Bertz CT molecular complexity index is 1290. The van der Waals surface area contributed by atoms with Gasteiger partial charge in [0.2, 0.25) is 0 Å². The standard InChI is InChI=1S/C26H30N4O4/c1-18-10-11-21(19(2)16-18)12-13-22(31)29(14-7-15-34-3)23-24(27)30(26(33)28-25(23)32)17-20-8-5-4-6-9-20/h4-6,8-13,16H,7,14-15,17,27H2,1-3H3,(H,28,32,33)/b13-12+. The lowest BCUT2D eigenvalue weighted by Crippen LogP contribution is -2.41. The summed E-state index contributed by atoms with van der Waals surface area (Å²) >= 11 is 0. The Labute approximate surface area is 198 Å². The molecule has 0 fully saturated rings. The predicted molar refractivity (Wildman–Crippen MR) is 135 cm³/mol. The number of nitrogen functional groups attached to an aromatic ring is 1. The Hall–Kier alpha value is -3.91. The highest BCUT2D eigenvalue weighted by atomic mass is 16.5. The van der Waals surface area contributed by atoms with Gasteiger partial charge in [-0.25, -0.2) is 4.79 Å². The maximum Gasteiger partial charge on any atom is 0.330 e. The second-order valence-corrected chi connectivity index (χ2v) is 8.09. The highest BCUT2D eigenvalue weighted by molar-refractivity contribution is 6.05. The SMILES string of the molecule is COCCCN(C(=O)/C=C/c1ccc(C)cc1C)c1c(N)n(Cc2ccccc2)c(=O)[nH]c1=O. The lowest BCUT2D eigenvalue weighted by atomic mass is 10.1. The average Bonchev–Trinajstić information content (AvgIpc) is 2.80. The summed E-state index contributed by atoms with van der Waals surface area (Å²) < 4.78 is 6.38. The zero-order valence-electron chi connectivity index (χ0n) is 19.7. The molecule has 0 radical (unpaired) electrons. The smallest absolute Gasteiger partial charge is 0.330 e. The van der Waals surface area contributed by atoms with Crippen LogP contribution < -0.4 is 21.9 Å². The van der Waals surface area contributed by atoms with Gasteiger partial charge in [-0.1, -0.05) is 54.1 Å². The molecule has 8 nitrogen and oxygen atoms in total. The Morgan fingerprint density at radius 3 is 2.56 bits per heavy atom. The van der Waals surface area contributed by atoms with Crippen LogP contribution in [0, 0.1) is 13.8 Å². The molecule has 0 aliphatic rings. The summed E-state index contributed by atoms with van der Waals surface area (Å²) in [7, 11) is 1.56. The van der Waals surface area contributed by atoms with Crippen molar-refractivity contribution in [2.75, 3.05) is 30.9 Å². The van der Waals surface area contributed by atoms with Crippen molar-refractivity contribution in [3.8, 4) is 0 Å². The molecule has 2 aromatic carbocycles. The Morgan fingerprint density at radius 2 is 1.88 bits per heavy atom. The van der Waals surface area contributed by atoms with Gasteiger partial charge in [-0.2, -0.15) is 0 Å². The van der Waals surface area contributed by atoms with Crippen LogP contribution in [0.5, 0.6) is 0 Å². The number of aromatic nitrogens is 2. The number of aryl methyl sites for hydroxylation is 2. The highest BCUT2D eigenvalue weighted by Gasteiger charge is 2.23. The Morgan fingerprint density at radius 1 is 1.15 bits per heavy atom. The number of methoxy groups -OCH3 is 1. The lowest BCUT2D eigenvalue weighted by Gasteiger charge is -2.23. The van der Waals surface area contributed by atoms with Crippen molar-refractivity contribution in [1.29, 1.82) is 0 Å². The first-order chi connectivity index (χ1) is 16.3. The zero-order valence-corrected chi connectivity index (χ0v) is 19.7. The molecule has 0 atom stereocenters. The number of hydrogen-bond acceptors (Lipinski definition) is 5. The topological polar surface area (TPSA) is 110 Å². The molecular formula is C26H30N4O4. The lowest BCUT2D eigenvalue weighted by molar-refractivity contribution is -0.114. The second-order valence-electron chi connectivity index (χ2n) is 8.09. The molecule has 1 heterocycles. The van der Waals surface area contributed by atoms with Gasteiger partial charge in [0, 0.05) is 26.3 Å². The van der Waals surface area contributed by atoms with E-state index < -0.39 is 17.2 Å². The van der Waals surface area contributed by atoms with Crippen LogP contribution in [0.4, 0.5) is 11.5 Å². The summed E-state index contributed by atoms with van der Waals surface area (Å²) in [4.78, 5) is 42.2. The van der Waals surface area contributed by atoms with E-state index in [1.54, 1.807) is 13.2 Å². The molecule has 3 N–H and O–H groups in total. The van der Waals surface area contributed by atoms with Crippen molar-refractivity contribution >= 4 is 23.5 Å². The Kier molecular flexibility index (Phi) is 8.21. The molecule has 3 aromatic rings. The number of aromatic amines is 1. The molecule has 0 aliphatic heterocycles. The number of nitrogens with two attached hydrogens (primary N) is 1. The van der Waals surface area contributed by atoms with Crippen molar-refractivity contribution in [2.24, 2.45) is 0 Å².